The molecule has 1 saturated heterocycles. The molecule has 0 radical (unpaired) electrons. The summed E-state index contributed by atoms with van der Waals surface area (Å²) in [6, 6.07) is 2.01. The van der Waals surface area contributed by atoms with E-state index < -0.39 is 0 Å². The first-order valence-electron chi connectivity index (χ1n) is 5.41. The Morgan fingerprint density at radius 3 is 3.06 bits per heavy atom. The van der Waals surface area contributed by atoms with Crippen molar-refractivity contribution in [2.75, 3.05) is 18.0 Å². The molecular formula is C11H13BrN4. The Kier molecular flexibility index (Phi) is 2.35. The minimum Gasteiger partial charge on any atom is -0.354 e. The van der Waals surface area contributed by atoms with Gasteiger partial charge in [0, 0.05) is 31.2 Å². The second kappa shape index (κ2) is 3.73. The highest BCUT2D eigenvalue weighted by Gasteiger charge is 2.23. The Balaban J connectivity index is 2.09. The second-order valence-electron chi connectivity index (χ2n) is 4.19. The van der Waals surface area contributed by atoms with Gasteiger partial charge in [0.1, 0.15) is 5.52 Å². The molecule has 5 heteroatoms. The SMILES string of the molecule is Cn1cnc2c(N3CCC(Br)C3)nccc21. The fraction of sp³-hybridized carbons (Fsp3) is 0.455. The quantitative estimate of drug-likeness (QED) is 0.749. The fourth-order valence-corrected chi connectivity index (χ4v) is 2.74. The van der Waals surface area contributed by atoms with E-state index in [1.807, 2.05) is 30.2 Å². The lowest BCUT2D eigenvalue weighted by molar-refractivity contribution is 0.941. The molecule has 16 heavy (non-hydrogen) atoms. The van der Waals surface area contributed by atoms with Crippen LogP contribution in [-0.2, 0) is 7.05 Å². The third-order valence-corrected chi connectivity index (χ3v) is 3.80. The number of rotatable bonds is 1. The Labute approximate surface area is 102 Å². The van der Waals surface area contributed by atoms with Crippen molar-refractivity contribution < 1.29 is 0 Å². The van der Waals surface area contributed by atoms with Crippen molar-refractivity contribution in [3.05, 3.63) is 18.6 Å². The molecule has 1 fully saturated rings. The topological polar surface area (TPSA) is 34.0 Å². The molecule has 0 aromatic carbocycles. The zero-order valence-corrected chi connectivity index (χ0v) is 10.7. The van der Waals surface area contributed by atoms with Crippen LogP contribution >= 0.6 is 15.9 Å². The number of aryl methyl sites for hydroxylation is 1. The lowest BCUT2D eigenvalue weighted by Crippen LogP contribution is -2.21. The summed E-state index contributed by atoms with van der Waals surface area (Å²) in [5.41, 5.74) is 2.15. The van der Waals surface area contributed by atoms with Gasteiger partial charge in [0.2, 0.25) is 0 Å². The average molecular weight is 281 g/mol. The zero-order valence-electron chi connectivity index (χ0n) is 9.10. The molecule has 0 N–H and O–H groups in total. The summed E-state index contributed by atoms with van der Waals surface area (Å²) in [6.07, 6.45) is 4.88. The summed E-state index contributed by atoms with van der Waals surface area (Å²) in [4.78, 5) is 11.8. The van der Waals surface area contributed by atoms with E-state index in [1.165, 1.54) is 6.42 Å². The molecule has 0 spiro atoms. The molecule has 0 aliphatic carbocycles. The molecular weight excluding hydrogens is 268 g/mol. The van der Waals surface area contributed by atoms with E-state index in [0.717, 1.165) is 29.9 Å². The van der Waals surface area contributed by atoms with Crippen LogP contribution in [0.5, 0.6) is 0 Å². The fourth-order valence-electron chi connectivity index (χ4n) is 2.19. The number of halogens is 1. The van der Waals surface area contributed by atoms with Gasteiger partial charge in [0.25, 0.3) is 0 Å². The minimum absolute atomic E-state index is 0.577. The van der Waals surface area contributed by atoms with Crippen LogP contribution < -0.4 is 4.90 Å². The standard InChI is InChI=1S/C11H13BrN4/c1-15-7-14-10-9(15)2-4-13-11(10)16-5-3-8(12)6-16/h2,4,7-8H,3,5-6H2,1H3. The molecule has 1 aliphatic heterocycles. The molecule has 0 saturated carbocycles. The Morgan fingerprint density at radius 2 is 2.31 bits per heavy atom. The number of alkyl halides is 1. The number of aromatic nitrogens is 3. The van der Waals surface area contributed by atoms with Gasteiger partial charge in [-0.25, -0.2) is 9.97 Å². The van der Waals surface area contributed by atoms with E-state index in [0.29, 0.717) is 4.83 Å². The molecule has 2 aromatic heterocycles. The molecule has 1 atom stereocenters. The van der Waals surface area contributed by atoms with Gasteiger partial charge >= 0.3 is 0 Å². The van der Waals surface area contributed by atoms with E-state index in [1.54, 1.807) is 0 Å². The largest absolute Gasteiger partial charge is 0.354 e. The highest BCUT2D eigenvalue weighted by atomic mass is 79.9. The van der Waals surface area contributed by atoms with Crippen LogP contribution in [0.4, 0.5) is 5.82 Å². The smallest absolute Gasteiger partial charge is 0.156 e. The maximum Gasteiger partial charge on any atom is 0.156 e. The molecule has 1 aliphatic rings. The number of fused-ring (bicyclic) bond motifs is 1. The lowest BCUT2D eigenvalue weighted by Gasteiger charge is -2.16. The van der Waals surface area contributed by atoms with Gasteiger partial charge in [-0.05, 0) is 12.5 Å². The summed E-state index contributed by atoms with van der Waals surface area (Å²) < 4.78 is 2.03. The number of imidazole rings is 1. The second-order valence-corrected chi connectivity index (χ2v) is 5.48. The van der Waals surface area contributed by atoms with Crippen molar-refractivity contribution in [3.8, 4) is 0 Å². The maximum atomic E-state index is 4.47. The Morgan fingerprint density at radius 1 is 1.44 bits per heavy atom. The Hall–Kier alpha value is -1.10. The predicted octanol–water partition coefficient (Wildman–Crippen LogP) is 1.94. The number of nitrogens with zero attached hydrogens (tertiary/aromatic N) is 4. The van der Waals surface area contributed by atoms with Gasteiger partial charge in [-0.2, -0.15) is 0 Å². The van der Waals surface area contributed by atoms with E-state index in [2.05, 4.69) is 30.8 Å². The number of hydrogen-bond acceptors (Lipinski definition) is 3. The van der Waals surface area contributed by atoms with Gasteiger partial charge in [0.15, 0.2) is 5.82 Å². The van der Waals surface area contributed by atoms with Crippen LogP contribution in [0.25, 0.3) is 11.0 Å². The first-order chi connectivity index (χ1) is 7.75. The van der Waals surface area contributed by atoms with Crippen LogP contribution in [0.3, 0.4) is 0 Å². The predicted molar refractivity (Wildman–Crippen MR) is 68.1 cm³/mol. The summed E-state index contributed by atoms with van der Waals surface area (Å²) in [6.45, 7) is 2.07. The Bertz CT molecular complexity index is 522. The van der Waals surface area contributed by atoms with Gasteiger partial charge in [-0.3, -0.25) is 0 Å². The van der Waals surface area contributed by atoms with Crippen molar-refractivity contribution in [3.63, 3.8) is 0 Å². The minimum atomic E-state index is 0.577. The lowest BCUT2D eigenvalue weighted by atomic mass is 10.3. The zero-order chi connectivity index (χ0) is 11.1. The highest BCUT2D eigenvalue weighted by molar-refractivity contribution is 9.09. The summed E-state index contributed by atoms with van der Waals surface area (Å²) in [5, 5.41) is 0. The normalized spacial score (nSPS) is 20.9. The van der Waals surface area contributed by atoms with Crippen molar-refractivity contribution in [2.45, 2.75) is 11.2 Å². The van der Waals surface area contributed by atoms with E-state index >= 15 is 0 Å². The average Bonchev–Trinajstić information content (AvgIpc) is 2.86. The number of hydrogen-bond donors (Lipinski definition) is 0. The molecule has 84 valence electrons. The maximum absolute atomic E-state index is 4.47. The third kappa shape index (κ3) is 1.50. The first kappa shape index (κ1) is 10.1. The van der Waals surface area contributed by atoms with Crippen molar-refractivity contribution in [2.24, 2.45) is 7.05 Å². The molecule has 4 nitrogen and oxygen atoms in total. The van der Waals surface area contributed by atoms with Gasteiger partial charge < -0.3 is 9.47 Å². The summed E-state index contributed by atoms with van der Waals surface area (Å²) in [7, 11) is 2.01. The van der Waals surface area contributed by atoms with E-state index in [4.69, 9.17) is 0 Å². The summed E-state index contributed by atoms with van der Waals surface area (Å²) >= 11 is 3.65. The summed E-state index contributed by atoms with van der Waals surface area (Å²) in [5.74, 6) is 1.01. The van der Waals surface area contributed by atoms with Crippen molar-refractivity contribution >= 4 is 32.8 Å². The van der Waals surface area contributed by atoms with Crippen LogP contribution in [0, 0.1) is 0 Å². The molecule has 1 unspecified atom stereocenters. The van der Waals surface area contributed by atoms with Crippen LogP contribution in [0.15, 0.2) is 18.6 Å². The highest BCUT2D eigenvalue weighted by Crippen LogP contribution is 2.27. The van der Waals surface area contributed by atoms with Crippen LogP contribution in [0.2, 0.25) is 0 Å². The van der Waals surface area contributed by atoms with Gasteiger partial charge in [0.05, 0.1) is 11.8 Å². The molecule has 3 heterocycles. The van der Waals surface area contributed by atoms with Gasteiger partial charge in [-0.15, -0.1) is 0 Å². The van der Waals surface area contributed by atoms with E-state index in [9.17, 15) is 0 Å². The van der Waals surface area contributed by atoms with Crippen LogP contribution in [-0.4, -0.2) is 32.5 Å². The molecule has 0 amide bonds. The third-order valence-electron chi connectivity index (χ3n) is 3.05. The first-order valence-corrected chi connectivity index (χ1v) is 6.32. The number of anilines is 1. The van der Waals surface area contributed by atoms with Gasteiger partial charge in [-0.1, -0.05) is 15.9 Å². The van der Waals surface area contributed by atoms with Crippen molar-refractivity contribution in [1.29, 1.82) is 0 Å². The van der Waals surface area contributed by atoms with Crippen molar-refractivity contribution in [1.82, 2.24) is 14.5 Å². The van der Waals surface area contributed by atoms with Crippen LogP contribution in [0.1, 0.15) is 6.42 Å². The monoisotopic (exact) mass is 280 g/mol. The molecule has 3 rings (SSSR count). The molecule has 0 bridgehead atoms. The number of pyridine rings is 1. The van der Waals surface area contributed by atoms with E-state index in [-0.39, 0.29) is 0 Å². The molecule has 2 aromatic rings.